The van der Waals surface area contributed by atoms with E-state index in [1.165, 1.54) is 5.56 Å². The summed E-state index contributed by atoms with van der Waals surface area (Å²) in [4.78, 5) is 0. The average Bonchev–Trinajstić information content (AvgIpc) is 2.30. The van der Waals surface area contributed by atoms with E-state index in [0.717, 1.165) is 36.2 Å². The third kappa shape index (κ3) is 6.38. The second kappa shape index (κ2) is 8.88. The van der Waals surface area contributed by atoms with Gasteiger partial charge in [-0.25, -0.2) is 0 Å². The van der Waals surface area contributed by atoms with Crippen molar-refractivity contribution < 1.29 is 4.74 Å². The zero-order valence-electron chi connectivity index (χ0n) is 9.54. The summed E-state index contributed by atoms with van der Waals surface area (Å²) in [6, 6.07) is 8.03. The molecule has 0 amide bonds. The quantitative estimate of drug-likeness (QED) is 0.726. The van der Waals surface area contributed by atoms with Crippen LogP contribution < -0.4 is 5.32 Å². The molecule has 0 aliphatic heterocycles. The molecule has 4 heteroatoms. The second-order valence-corrected chi connectivity index (χ2v) is 4.96. The standard InChI is InChI=1S/C12H18ClNOS/c1-15-8-6-14-7-9-16-10-11-2-4-12(13)5-3-11/h2-5,14H,6-10H2,1H3. The van der Waals surface area contributed by atoms with Crippen molar-refractivity contribution in [2.75, 3.05) is 32.6 Å². The fourth-order valence-corrected chi connectivity index (χ4v) is 2.20. The third-order valence-electron chi connectivity index (χ3n) is 2.09. The zero-order valence-corrected chi connectivity index (χ0v) is 11.1. The predicted octanol–water partition coefficient (Wildman–Crippen LogP) is 2.81. The van der Waals surface area contributed by atoms with Gasteiger partial charge in [0.25, 0.3) is 0 Å². The van der Waals surface area contributed by atoms with Crippen LogP contribution in [0.5, 0.6) is 0 Å². The van der Waals surface area contributed by atoms with Crippen molar-refractivity contribution in [2.24, 2.45) is 0 Å². The Labute approximate surface area is 107 Å². The summed E-state index contributed by atoms with van der Waals surface area (Å²) in [6.45, 7) is 2.74. The zero-order chi connectivity index (χ0) is 11.6. The molecule has 0 saturated heterocycles. The Bertz CT molecular complexity index is 279. The van der Waals surface area contributed by atoms with Gasteiger partial charge < -0.3 is 10.1 Å². The largest absolute Gasteiger partial charge is 0.383 e. The molecule has 0 heterocycles. The lowest BCUT2D eigenvalue weighted by molar-refractivity contribution is 0.200. The summed E-state index contributed by atoms with van der Waals surface area (Å²) < 4.78 is 4.95. The molecule has 0 radical (unpaired) electrons. The SMILES string of the molecule is COCCNCCSCc1ccc(Cl)cc1. The van der Waals surface area contributed by atoms with Gasteiger partial charge in [-0.15, -0.1) is 0 Å². The van der Waals surface area contributed by atoms with Gasteiger partial charge in [-0.3, -0.25) is 0 Å². The Kier molecular flexibility index (Phi) is 7.68. The Balaban J connectivity index is 2.01. The summed E-state index contributed by atoms with van der Waals surface area (Å²) in [5.41, 5.74) is 1.33. The monoisotopic (exact) mass is 259 g/mol. The van der Waals surface area contributed by atoms with Crippen molar-refractivity contribution in [1.82, 2.24) is 5.32 Å². The van der Waals surface area contributed by atoms with Gasteiger partial charge in [0.1, 0.15) is 0 Å². The first-order valence-electron chi connectivity index (χ1n) is 5.35. The molecule has 2 nitrogen and oxygen atoms in total. The topological polar surface area (TPSA) is 21.3 Å². The molecule has 0 fully saturated rings. The molecule has 0 unspecified atom stereocenters. The van der Waals surface area contributed by atoms with Crippen LogP contribution in [0.15, 0.2) is 24.3 Å². The number of rotatable bonds is 8. The molecule has 0 saturated carbocycles. The average molecular weight is 260 g/mol. The van der Waals surface area contributed by atoms with E-state index >= 15 is 0 Å². The van der Waals surface area contributed by atoms with Crippen molar-refractivity contribution in [2.45, 2.75) is 5.75 Å². The van der Waals surface area contributed by atoms with E-state index < -0.39 is 0 Å². The molecular formula is C12H18ClNOS. The van der Waals surface area contributed by atoms with Gasteiger partial charge in [-0.1, -0.05) is 23.7 Å². The van der Waals surface area contributed by atoms with Crippen molar-refractivity contribution in [3.63, 3.8) is 0 Å². The first-order chi connectivity index (χ1) is 7.83. The minimum absolute atomic E-state index is 0.780. The number of thioether (sulfide) groups is 1. The fourth-order valence-electron chi connectivity index (χ4n) is 1.21. The number of benzene rings is 1. The van der Waals surface area contributed by atoms with Gasteiger partial charge in [0, 0.05) is 36.7 Å². The van der Waals surface area contributed by atoms with Crippen molar-refractivity contribution in [1.29, 1.82) is 0 Å². The first kappa shape index (κ1) is 13.8. The molecule has 0 spiro atoms. The number of hydrogen-bond acceptors (Lipinski definition) is 3. The van der Waals surface area contributed by atoms with Crippen molar-refractivity contribution in [3.8, 4) is 0 Å². The second-order valence-electron chi connectivity index (χ2n) is 3.42. The van der Waals surface area contributed by atoms with Gasteiger partial charge >= 0.3 is 0 Å². The number of hydrogen-bond donors (Lipinski definition) is 1. The summed E-state index contributed by atoms with van der Waals surface area (Å²) in [7, 11) is 1.72. The first-order valence-corrected chi connectivity index (χ1v) is 6.88. The fraction of sp³-hybridized carbons (Fsp3) is 0.500. The number of halogens is 1. The molecule has 16 heavy (non-hydrogen) atoms. The third-order valence-corrected chi connectivity index (χ3v) is 3.37. The van der Waals surface area contributed by atoms with Crippen LogP contribution in [0.3, 0.4) is 0 Å². The molecule has 1 rings (SSSR count). The van der Waals surface area contributed by atoms with E-state index in [0.29, 0.717) is 0 Å². The van der Waals surface area contributed by atoms with Gasteiger partial charge in [-0.2, -0.15) is 11.8 Å². The van der Waals surface area contributed by atoms with Gasteiger partial charge in [0.2, 0.25) is 0 Å². The Morgan fingerprint density at radius 2 is 2.00 bits per heavy atom. The molecule has 0 aliphatic carbocycles. The van der Waals surface area contributed by atoms with Crippen LogP contribution in [0.2, 0.25) is 5.02 Å². The molecule has 0 aliphatic rings. The summed E-state index contributed by atoms with van der Waals surface area (Å²) >= 11 is 7.74. The smallest absolute Gasteiger partial charge is 0.0587 e. The molecule has 1 N–H and O–H groups in total. The minimum Gasteiger partial charge on any atom is -0.383 e. The van der Waals surface area contributed by atoms with E-state index in [1.54, 1.807) is 7.11 Å². The Morgan fingerprint density at radius 3 is 2.69 bits per heavy atom. The van der Waals surface area contributed by atoms with Crippen molar-refractivity contribution in [3.05, 3.63) is 34.9 Å². The van der Waals surface area contributed by atoms with Crippen LogP contribution in [0, 0.1) is 0 Å². The van der Waals surface area contributed by atoms with Gasteiger partial charge in [0.05, 0.1) is 6.61 Å². The minimum atomic E-state index is 0.780. The van der Waals surface area contributed by atoms with Gasteiger partial charge in [-0.05, 0) is 17.7 Å². The van der Waals surface area contributed by atoms with Crippen LogP contribution in [0.25, 0.3) is 0 Å². The Morgan fingerprint density at radius 1 is 1.25 bits per heavy atom. The maximum absolute atomic E-state index is 5.82. The Hall–Kier alpha value is -0.220. The molecule has 1 aromatic carbocycles. The maximum Gasteiger partial charge on any atom is 0.0587 e. The van der Waals surface area contributed by atoms with Crippen LogP contribution in [0.1, 0.15) is 5.56 Å². The van der Waals surface area contributed by atoms with Crippen LogP contribution in [-0.4, -0.2) is 32.6 Å². The molecule has 0 aromatic heterocycles. The highest BCUT2D eigenvalue weighted by Gasteiger charge is 1.94. The molecule has 90 valence electrons. The summed E-state index contributed by atoms with van der Waals surface area (Å²) in [6.07, 6.45) is 0. The van der Waals surface area contributed by atoms with Gasteiger partial charge in [0.15, 0.2) is 0 Å². The van der Waals surface area contributed by atoms with Crippen molar-refractivity contribution >= 4 is 23.4 Å². The van der Waals surface area contributed by atoms with Crippen LogP contribution in [-0.2, 0) is 10.5 Å². The lowest BCUT2D eigenvalue weighted by Crippen LogP contribution is -2.21. The number of ether oxygens (including phenoxy) is 1. The number of nitrogens with one attached hydrogen (secondary N) is 1. The van der Waals surface area contributed by atoms with E-state index in [9.17, 15) is 0 Å². The molecular weight excluding hydrogens is 242 g/mol. The lowest BCUT2D eigenvalue weighted by Gasteiger charge is -2.04. The summed E-state index contributed by atoms with van der Waals surface area (Å²) in [5.74, 6) is 2.16. The maximum atomic E-state index is 5.82. The van der Waals surface area contributed by atoms with Crippen LogP contribution in [0.4, 0.5) is 0 Å². The van der Waals surface area contributed by atoms with E-state index in [4.69, 9.17) is 16.3 Å². The summed E-state index contributed by atoms with van der Waals surface area (Å²) in [5, 5.41) is 4.12. The van der Waals surface area contributed by atoms with Crippen LogP contribution >= 0.6 is 23.4 Å². The highest BCUT2D eigenvalue weighted by molar-refractivity contribution is 7.98. The highest BCUT2D eigenvalue weighted by atomic mass is 35.5. The van der Waals surface area contributed by atoms with E-state index in [-0.39, 0.29) is 0 Å². The normalized spacial score (nSPS) is 10.6. The predicted molar refractivity (Wildman–Crippen MR) is 72.4 cm³/mol. The van der Waals surface area contributed by atoms with E-state index in [2.05, 4.69) is 17.4 Å². The number of methoxy groups -OCH3 is 1. The lowest BCUT2D eigenvalue weighted by atomic mass is 10.2. The van der Waals surface area contributed by atoms with E-state index in [1.807, 2.05) is 23.9 Å². The molecule has 1 aromatic rings. The molecule has 0 bridgehead atoms. The molecule has 0 atom stereocenters. The highest BCUT2D eigenvalue weighted by Crippen LogP contribution is 2.14.